The lowest BCUT2D eigenvalue weighted by Gasteiger charge is -2.29. The second-order valence-electron chi connectivity index (χ2n) is 3.94. The molecule has 96 valence electrons. The van der Waals surface area contributed by atoms with E-state index >= 15 is 0 Å². The molecule has 1 aromatic heterocycles. The number of aromatic nitrogens is 2. The van der Waals surface area contributed by atoms with E-state index in [2.05, 4.69) is 10.3 Å². The van der Waals surface area contributed by atoms with E-state index < -0.39 is 5.54 Å². The van der Waals surface area contributed by atoms with E-state index in [1.54, 1.807) is 6.20 Å². The van der Waals surface area contributed by atoms with Crippen molar-refractivity contribution < 1.29 is 10.2 Å². The Hall–Kier alpha value is -1.40. The Morgan fingerprint density at radius 2 is 2.06 bits per heavy atom. The van der Waals surface area contributed by atoms with Crippen molar-refractivity contribution in [1.29, 1.82) is 0 Å². The quantitative estimate of drug-likeness (QED) is 0.642. The van der Waals surface area contributed by atoms with Gasteiger partial charge in [0.15, 0.2) is 5.82 Å². The number of hydrogen-bond acceptors (Lipinski definition) is 5. The smallest absolute Gasteiger partial charge is 0.293 e. The van der Waals surface area contributed by atoms with Crippen LogP contribution in [0.2, 0.25) is 0 Å². The lowest BCUT2D eigenvalue weighted by Crippen LogP contribution is -2.47. The number of anilines is 1. The molecule has 0 aromatic carbocycles. The van der Waals surface area contributed by atoms with E-state index in [4.69, 9.17) is 0 Å². The largest absolute Gasteiger partial charge is 0.394 e. The van der Waals surface area contributed by atoms with Crippen molar-refractivity contribution in [3.8, 4) is 0 Å². The third-order valence-corrected chi connectivity index (χ3v) is 2.92. The van der Waals surface area contributed by atoms with Crippen LogP contribution in [0.25, 0.3) is 0 Å². The van der Waals surface area contributed by atoms with Crippen LogP contribution >= 0.6 is 0 Å². The molecule has 0 radical (unpaired) electrons. The summed E-state index contributed by atoms with van der Waals surface area (Å²) >= 11 is 0. The van der Waals surface area contributed by atoms with Gasteiger partial charge in [0.2, 0.25) is 0 Å². The van der Waals surface area contributed by atoms with Crippen molar-refractivity contribution >= 4 is 5.82 Å². The number of aliphatic hydroxyl groups is 2. The van der Waals surface area contributed by atoms with Gasteiger partial charge in [-0.3, -0.25) is 4.79 Å². The summed E-state index contributed by atoms with van der Waals surface area (Å²) in [6.45, 7) is 3.70. The summed E-state index contributed by atoms with van der Waals surface area (Å²) in [7, 11) is 0. The molecule has 0 aliphatic carbocycles. The van der Waals surface area contributed by atoms with Gasteiger partial charge in [-0.25, -0.2) is 4.98 Å². The van der Waals surface area contributed by atoms with E-state index in [0.29, 0.717) is 13.0 Å². The summed E-state index contributed by atoms with van der Waals surface area (Å²) in [5.74, 6) is 0.152. The van der Waals surface area contributed by atoms with Crippen molar-refractivity contribution in [2.75, 3.05) is 18.5 Å². The highest BCUT2D eigenvalue weighted by Gasteiger charge is 2.27. The highest BCUT2D eigenvalue weighted by molar-refractivity contribution is 5.35. The first-order valence-corrected chi connectivity index (χ1v) is 5.67. The van der Waals surface area contributed by atoms with Crippen LogP contribution in [-0.2, 0) is 6.54 Å². The van der Waals surface area contributed by atoms with E-state index in [0.717, 1.165) is 0 Å². The average Bonchev–Trinajstić information content (AvgIpc) is 2.38. The predicted molar refractivity (Wildman–Crippen MR) is 65.0 cm³/mol. The maximum absolute atomic E-state index is 11.9. The van der Waals surface area contributed by atoms with Gasteiger partial charge in [0.1, 0.15) is 0 Å². The molecule has 6 nitrogen and oxygen atoms in total. The molecule has 6 heteroatoms. The third-order valence-electron chi connectivity index (χ3n) is 2.92. The van der Waals surface area contributed by atoms with Crippen LogP contribution in [0.5, 0.6) is 0 Å². The maximum atomic E-state index is 11.9. The summed E-state index contributed by atoms with van der Waals surface area (Å²) in [4.78, 5) is 15.8. The molecule has 0 spiro atoms. The zero-order chi connectivity index (χ0) is 12.9. The fourth-order valence-electron chi connectivity index (χ4n) is 1.47. The van der Waals surface area contributed by atoms with E-state index in [1.807, 2.05) is 13.8 Å². The highest BCUT2D eigenvalue weighted by atomic mass is 16.3. The van der Waals surface area contributed by atoms with Gasteiger partial charge in [-0.1, -0.05) is 6.92 Å². The zero-order valence-corrected chi connectivity index (χ0v) is 10.2. The van der Waals surface area contributed by atoms with Crippen LogP contribution in [0.3, 0.4) is 0 Å². The molecule has 0 unspecified atom stereocenters. The number of nitrogens with one attached hydrogen (secondary N) is 1. The molecule has 0 saturated heterocycles. The number of hydrogen-bond donors (Lipinski definition) is 3. The van der Waals surface area contributed by atoms with E-state index in [9.17, 15) is 15.0 Å². The fraction of sp³-hybridized carbons (Fsp3) is 0.636. The Kier molecular flexibility index (Phi) is 4.65. The highest BCUT2D eigenvalue weighted by Crippen LogP contribution is 2.13. The first-order valence-electron chi connectivity index (χ1n) is 5.67. The zero-order valence-electron chi connectivity index (χ0n) is 10.2. The molecule has 1 rings (SSSR count). The molecule has 0 aliphatic rings. The van der Waals surface area contributed by atoms with Crippen molar-refractivity contribution in [1.82, 2.24) is 9.55 Å². The normalized spacial score (nSPS) is 11.5. The topological polar surface area (TPSA) is 87.4 Å². The molecular weight excluding hydrogens is 222 g/mol. The minimum Gasteiger partial charge on any atom is -0.394 e. The first-order chi connectivity index (χ1) is 8.12. The number of rotatable bonds is 6. The summed E-state index contributed by atoms with van der Waals surface area (Å²) in [5, 5.41) is 21.4. The number of aryl methyl sites for hydroxylation is 1. The van der Waals surface area contributed by atoms with Crippen LogP contribution < -0.4 is 10.9 Å². The summed E-state index contributed by atoms with van der Waals surface area (Å²) in [5.41, 5.74) is -1.16. The Bertz CT molecular complexity index is 404. The van der Waals surface area contributed by atoms with Gasteiger partial charge in [-0.05, 0) is 13.3 Å². The Balaban J connectivity index is 3.06. The molecule has 0 aliphatic heterocycles. The van der Waals surface area contributed by atoms with Crippen molar-refractivity contribution in [2.45, 2.75) is 32.4 Å². The Morgan fingerprint density at radius 1 is 1.41 bits per heavy atom. The standard InChI is InChI=1S/C11H19N3O3/c1-3-11(7-15,8-16)13-9-10(17)14(4-2)6-5-12-9/h5-6,15-16H,3-4,7-8H2,1-2H3,(H,12,13). The van der Waals surface area contributed by atoms with Crippen molar-refractivity contribution in [3.63, 3.8) is 0 Å². The molecular formula is C11H19N3O3. The summed E-state index contributed by atoms with van der Waals surface area (Å²) in [6, 6.07) is 0. The molecule has 17 heavy (non-hydrogen) atoms. The minimum absolute atomic E-state index is 0.152. The Labute approximate surface area is 99.9 Å². The third kappa shape index (κ3) is 2.83. The van der Waals surface area contributed by atoms with Gasteiger partial charge in [-0.15, -0.1) is 0 Å². The molecule has 0 fully saturated rings. The van der Waals surface area contributed by atoms with Gasteiger partial charge in [0, 0.05) is 18.9 Å². The van der Waals surface area contributed by atoms with Gasteiger partial charge in [-0.2, -0.15) is 0 Å². The minimum atomic E-state index is -0.904. The lowest BCUT2D eigenvalue weighted by atomic mass is 9.99. The molecule has 0 saturated carbocycles. The maximum Gasteiger partial charge on any atom is 0.293 e. The molecule has 1 heterocycles. The molecule has 0 atom stereocenters. The molecule has 0 bridgehead atoms. The molecule has 1 aromatic rings. The summed E-state index contributed by atoms with van der Waals surface area (Å²) < 4.78 is 1.50. The van der Waals surface area contributed by atoms with Gasteiger partial charge >= 0.3 is 0 Å². The lowest BCUT2D eigenvalue weighted by molar-refractivity contribution is 0.132. The fourth-order valence-corrected chi connectivity index (χ4v) is 1.47. The van der Waals surface area contributed by atoms with Crippen LogP contribution in [0.4, 0.5) is 5.82 Å². The van der Waals surface area contributed by atoms with E-state index in [-0.39, 0.29) is 24.6 Å². The first kappa shape index (κ1) is 13.7. The summed E-state index contributed by atoms with van der Waals surface area (Å²) in [6.07, 6.45) is 3.60. The second-order valence-corrected chi connectivity index (χ2v) is 3.94. The van der Waals surface area contributed by atoms with Crippen LogP contribution in [0.15, 0.2) is 17.2 Å². The predicted octanol–water partition coefficient (Wildman–Crippen LogP) is -0.192. The van der Waals surface area contributed by atoms with Crippen LogP contribution in [0, 0.1) is 0 Å². The monoisotopic (exact) mass is 241 g/mol. The molecule has 0 amide bonds. The second kappa shape index (κ2) is 5.79. The average molecular weight is 241 g/mol. The van der Waals surface area contributed by atoms with E-state index in [1.165, 1.54) is 10.8 Å². The van der Waals surface area contributed by atoms with Gasteiger partial charge in [0.25, 0.3) is 5.56 Å². The van der Waals surface area contributed by atoms with Crippen LogP contribution in [-0.4, -0.2) is 38.5 Å². The SMILES string of the molecule is CCn1ccnc(NC(CC)(CO)CO)c1=O. The number of nitrogens with zero attached hydrogens (tertiary/aromatic N) is 2. The van der Waals surface area contributed by atoms with Crippen LogP contribution in [0.1, 0.15) is 20.3 Å². The Morgan fingerprint density at radius 3 is 2.53 bits per heavy atom. The number of aliphatic hydroxyl groups excluding tert-OH is 2. The van der Waals surface area contributed by atoms with Gasteiger partial charge < -0.3 is 20.1 Å². The van der Waals surface area contributed by atoms with Crippen molar-refractivity contribution in [3.05, 3.63) is 22.7 Å². The molecule has 3 N–H and O–H groups in total. The van der Waals surface area contributed by atoms with Gasteiger partial charge in [0.05, 0.1) is 18.8 Å². The van der Waals surface area contributed by atoms with Crippen molar-refractivity contribution in [2.24, 2.45) is 0 Å².